The molecule has 1 aromatic carbocycles. The van der Waals surface area contributed by atoms with Crippen LogP contribution in [-0.2, 0) is 0 Å². The number of nitrogens with one attached hydrogen (secondary N) is 1. The van der Waals surface area contributed by atoms with Crippen LogP contribution in [0.15, 0.2) is 18.2 Å². The van der Waals surface area contributed by atoms with E-state index in [9.17, 15) is 13.2 Å². The first kappa shape index (κ1) is 15.6. The first-order valence-corrected chi connectivity index (χ1v) is 6.92. The van der Waals surface area contributed by atoms with Gasteiger partial charge in [0.05, 0.1) is 17.8 Å². The van der Waals surface area contributed by atoms with Crippen LogP contribution in [0.2, 0.25) is 0 Å². The molecule has 0 aliphatic carbocycles. The lowest BCUT2D eigenvalue weighted by atomic mass is 10.1. The van der Waals surface area contributed by atoms with E-state index < -0.39 is 12.7 Å². The van der Waals surface area contributed by atoms with Crippen LogP contribution in [0.3, 0.4) is 0 Å². The molecule has 1 N–H and O–H groups in total. The van der Waals surface area contributed by atoms with Gasteiger partial charge in [-0.3, -0.25) is 4.90 Å². The van der Waals surface area contributed by atoms with Gasteiger partial charge in [0.2, 0.25) is 0 Å². The number of aryl methyl sites for hydroxylation is 1. The molecule has 0 spiro atoms. The maximum Gasteiger partial charge on any atom is 0.401 e. The zero-order chi connectivity index (χ0) is 15.5. The van der Waals surface area contributed by atoms with Crippen molar-refractivity contribution < 1.29 is 13.2 Å². The first-order valence-electron chi connectivity index (χ1n) is 6.92. The van der Waals surface area contributed by atoms with Gasteiger partial charge in [0.1, 0.15) is 6.07 Å². The van der Waals surface area contributed by atoms with Gasteiger partial charge >= 0.3 is 6.18 Å². The smallest absolute Gasteiger partial charge is 0.383 e. The molecule has 6 heteroatoms. The Morgan fingerprint density at radius 2 is 2.19 bits per heavy atom. The molecule has 0 bridgehead atoms. The van der Waals surface area contributed by atoms with E-state index in [4.69, 9.17) is 5.26 Å². The van der Waals surface area contributed by atoms with Gasteiger partial charge in [-0.15, -0.1) is 0 Å². The van der Waals surface area contributed by atoms with Gasteiger partial charge in [0.15, 0.2) is 0 Å². The van der Waals surface area contributed by atoms with E-state index in [0.29, 0.717) is 25.2 Å². The summed E-state index contributed by atoms with van der Waals surface area (Å²) in [5.74, 6) is 0.179. The predicted octanol–water partition coefficient (Wildman–Crippen LogP) is 3.16. The summed E-state index contributed by atoms with van der Waals surface area (Å²) in [6, 6.07) is 7.60. The minimum absolute atomic E-state index is 0.179. The summed E-state index contributed by atoms with van der Waals surface area (Å²) in [6.45, 7) is 2.59. The molecule has 1 aliphatic heterocycles. The molecule has 114 valence electrons. The Morgan fingerprint density at radius 3 is 2.86 bits per heavy atom. The Hall–Kier alpha value is -1.74. The molecule has 21 heavy (non-hydrogen) atoms. The van der Waals surface area contributed by atoms with Crippen LogP contribution in [0, 0.1) is 24.2 Å². The molecule has 0 aromatic heterocycles. The van der Waals surface area contributed by atoms with E-state index in [1.165, 1.54) is 4.90 Å². The maximum atomic E-state index is 12.3. The van der Waals surface area contributed by atoms with Crippen LogP contribution in [0.25, 0.3) is 0 Å². The Bertz CT molecular complexity index is 534. The summed E-state index contributed by atoms with van der Waals surface area (Å²) < 4.78 is 37.0. The van der Waals surface area contributed by atoms with E-state index in [-0.39, 0.29) is 5.92 Å². The van der Waals surface area contributed by atoms with Crippen molar-refractivity contribution in [2.75, 3.05) is 31.5 Å². The molecule has 1 aromatic rings. The van der Waals surface area contributed by atoms with Crippen molar-refractivity contribution in [3.05, 3.63) is 29.3 Å². The van der Waals surface area contributed by atoms with Gasteiger partial charge in [-0.2, -0.15) is 18.4 Å². The molecule has 0 saturated carbocycles. The standard InChI is InChI=1S/C15H18F3N3/c1-11-3-2-4-13(7-19)14(11)20-8-12-5-6-21(9-12)10-15(16,17)18/h2-4,12,20H,5-6,8-10H2,1H3. The number of rotatable bonds is 4. The van der Waals surface area contributed by atoms with Crippen molar-refractivity contribution in [2.24, 2.45) is 5.92 Å². The second-order valence-corrected chi connectivity index (χ2v) is 5.50. The van der Waals surface area contributed by atoms with Crippen LogP contribution in [0.5, 0.6) is 0 Å². The van der Waals surface area contributed by atoms with Gasteiger partial charge in [-0.05, 0) is 37.4 Å². The van der Waals surface area contributed by atoms with E-state index in [0.717, 1.165) is 17.7 Å². The fourth-order valence-electron chi connectivity index (χ4n) is 2.72. The molecule has 1 saturated heterocycles. The van der Waals surface area contributed by atoms with Gasteiger partial charge in [0.25, 0.3) is 0 Å². The quantitative estimate of drug-likeness (QED) is 0.928. The Kier molecular flexibility index (Phi) is 4.73. The Labute approximate surface area is 122 Å². The summed E-state index contributed by atoms with van der Waals surface area (Å²) >= 11 is 0. The number of hydrogen-bond donors (Lipinski definition) is 1. The molecule has 3 nitrogen and oxygen atoms in total. The third-order valence-corrected chi connectivity index (χ3v) is 3.73. The average Bonchev–Trinajstić information content (AvgIpc) is 2.82. The molecule has 1 unspecified atom stereocenters. The van der Waals surface area contributed by atoms with Crippen LogP contribution >= 0.6 is 0 Å². The van der Waals surface area contributed by atoms with Crippen LogP contribution in [0.1, 0.15) is 17.5 Å². The second kappa shape index (κ2) is 6.35. The average molecular weight is 297 g/mol. The van der Waals surface area contributed by atoms with Crippen LogP contribution in [0.4, 0.5) is 18.9 Å². The summed E-state index contributed by atoms with van der Waals surface area (Å²) in [7, 11) is 0. The van der Waals surface area contributed by atoms with Crippen molar-refractivity contribution >= 4 is 5.69 Å². The molecule has 1 fully saturated rings. The highest BCUT2D eigenvalue weighted by Gasteiger charge is 2.34. The summed E-state index contributed by atoms with van der Waals surface area (Å²) in [4.78, 5) is 1.44. The van der Waals surface area contributed by atoms with Crippen molar-refractivity contribution in [3.8, 4) is 6.07 Å². The SMILES string of the molecule is Cc1cccc(C#N)c1NCC1CCN(CC(F)(F)F)C1. The number of likely N-dealkylation sites (tertiary alicyclic amines) is 1. The first-order chi connectivity index (χ1) is 9.89. The lowest BCUT2D eigenvalue weighted by Crippen LogP contribution is -2.33. The maximum absolute atomic E-state index is 12.3. The third-order valence-electron chi connectivity index (χ3n) is 3.73. The van der Waals surface area contributed by atoms with Crippen LogP contribution < -0.4 is 5.32 Å². The molecular weight excluding hydrogens is 279 g/mol. The Balaban J connectivity index is 1.90. The summed E-state index contributed by atoms with van der Waals surface area (Å²) in [5, 5.41) is 12.3. The second-order valence-electron chi connectivity index (χ2n) is 5.50. The minimum atomic E-state index is -4.13. The van der Waals surface area contributed by atoms with E-state index in [1.807, 2.05) is 19.1 Å². The monoisotopic (exact) mass is 297 g/mol. The van der Waals surface area contributed by atoms with Crippen molar-refractivity contribution in [3.63, 3.8) is 0 Å². The minimum Gasteiger partial charge on any atom is -0.383 e. The highest BCUT2D eigenvalue weighted by atomic mass is 19.4. The normalized spacial score (nSPS) is 19.5. The largest absolute Gasteiger partial charge is 0.401 e. The zero-order valence-corrected chi connectivity index (χ0v) is 11.9. The zero-order valence-electron chi connectivity index (χ0n) is 11.9. The lowest BCUT2D eigenvalue weighted by Gasteiger charge is -2.18. The van der Waals surface area contributed by atoms with Gasteiger partial charge in [-0.1, -0.05) is 12.1 Å². The van der Waals surface area contributed by atoms with Gasteiger partial charge < -0.3 is 5.32 Å². The fourth-order valence-corrected chi connectivity index (χ4v) is 2.72. The van der Waals surface area contributed by atoms with E-state index in [1.54, 1.807) is 6.07 Å². The molecular formula is C15H18F3N3. The number of halogens is 3. The lowest BCUT2D eigenvalue weighted by molar-refractivity contribution is -0.143. The predicted molar refractivity (Wildman–Crippen MR) is 75.0 cm³/mol. The number of anilines is 1. The molecule has 2 rings (SSSR count). The van der Waals surface area contributed by atoms with Crippen molar-refractivity contribution in [1.29, 1.82) is 5.26 Å². The molecule has 1 atom stereocenters. The summed E-state index contributed by atoms with van der Waals surface area (Å²) in [5.41, 5.74) is 2.33. The van der Waals surface area contributed by atoms with Gasteiger partial charge in [-0.25, -0.2) is 0 Å². The van der Waals surface area contributed by atoms with Gasteiger partial charge in [0, 0.05) is 13.1 Å². The number of nitrogens with zero attached hydrogens (tertiary/aromatic N) is 2. The highest BCUT2D eigenvalue weighted by Crippen LogP contribution is 2.24. The fraction of sp³-hybridized carbons (Fsp3) is 0.533. The number of para-hydroxylation sites is 1. The number of benzene rings is 1. The number of hydrogen-bond acceptors (Lipinski definition) is 3. The van der Waals surface area contributed by atoms with Crippen molar-refractivity contribution in [1.82, 2.24) is 4.90 Å². The Morgan fingerprint density at radius 1 is 1.43 bits per heavy atom. The molecule has 0 amide bonds. The van der Waals surface area contributed by atoms with E-state index >= 15 is 0 Å². The topological polar surface area (TPSA) is 39.1 Å². The van der Waals surface area contributed by atoms with Crippen molar-refractivity contribution in [2.45, 2.75) is 19.5 Å². The molecule has 1 heterocycles. The van der Waals surface area contributed by atoms with Crippen LogP contribution in [-0.4, -0.2) is 37.3 Å². The molecule has 0 radical (unpaired) electrons. The number of alkyl halides is 3. The highest BCUT2D eigenvalue weighted by molar-refractivity contribution is 5.62. The van der Waals surface area contributed by atoms with E-state index in [2.05, 4.69) is 11.4 Å². The third kappa shape index (κ3) is 4.36. The molecule has 1 aliphatic rings. The summed E-state index contributed by atoms with van der Waals surface area (Å²) in [6.07, 6.45) is -3.39. The number of nitriles is 1.